The predicted molar refractivity (Wildman–Crippen MR) is 118 cm³/mol. The van der Waals surface area contributed by atoms with Crippen LogP contribution in [0.1, 0.15) is 31.0 Å². The van der Waals surface area contributed by atoms with Crippen molar-refractivity contribution in [2.45, 2.75) is 19.9 Å². The van der Waals surface area contributed by atoms with E-state index in [1.807, 2.05) is 6.07 Å². The lowest BCUT2D eigenvalue weighted by molar-refractivity contribution is -0.136. The molecule has 1 atom stereocenters. The molecule has 0 amide bonds. The van der Waals surface area contributed by atoms with E-state index < -0.39 is 18.0 Å². The normalized spacial score (nSPS) is 15.7. The molecule has 0 bridgehead atoms. The lowest BCUT2D eigenvalue weighted by atomic mass is 9.96. The second kappa shape index (κ2) is 8.72. The molecular formula is C23H19N3O5S. The molecule has 0 N–H and O–H groups in total. The fourth-order valence-corrected chi connectivity index (χ4v) is 4.55. The maximum atomic E-state index is 13.4. The van der Waals surface area contributed by atoms with Crippen molar-refractivity contribution in [3.05, 3.63) is 90.9 Å². The summed E-state index contributed by atoms with van der Waals surface area (Å²) < 4.78 is 12.1. The highest BCUT2D eigenvalue weighted by Crippen LogP contribution is 2.31. The van der Waals surface area contributed by atoms with E-state index in [1.54, 1.807) is 55.7 Å². The van der Waals surface area contributed by atoms with Gasteiger partial charge in [-0.05, 0) is 42.3 Å². The molecule has 0 unspecified atom stereocenters. The van der Waals surface area contributed by atoms with Crippen molar-refractivity contribution in [2.24, 2.45) is 4.99 Å². The molecule has 0 fully saturated rings. The van der Waals surface area contributed by atoms with Gasteiger partial charge in [0.25, 0.3) is 5.56 Å². The van der Waals surface area contributed by atoms with Gasteiger partial charge in [-0.15, -0.1) is 0 Å². The van der Waals surface area contributed by atoms with Gasteiger partial charge in [0.1, 0.15) is 5.75 Å². The Balaban J connectivity index is 1.91. The Morgan fingerprint density at radius 1 is 1.19 bits per heavy atom. The highest BCUT2D eigenvalue weighted by molar-refractivity contribution is 7.07. The van der Waals surface area contributed by atoms with Gasteiger partial charge < -0.3 is 9.47 Å². The fraction of sp³-hybridized carbons (Fsp3) is 0.174. The van der Waals surface area contributed by atoms with Crippen LogP contribution >= 0.6 is 11.3 Å². The molecule has 9 heteroatoms. The summed E-state index contributed by atoms with van der Waals surface area (Å²) in [7, 11) is 1.29. The quantitative estimate of drug-likeness (QED) is 0.444. The summed E-state index contributed by atoms with van der Waals surface area (Å²) in [6.07, 6.45) is 5.06. The van der Waals surface area contributed by atoms with E-state index in [2.05, 4.69) is 9.98 Å². The number of thiazole rings is 1. The predicted octanol–water partition coefficient (Wildman–Crippen LogP) is 1.73. The van der Waals surface area contributed by atoms with Crippen LogP contribution in [0.3, 0.4) is 0 Å². The summed E-state index contributed by atoms with van der Waals surface area (Å²) in [4.78, 5) is 46.3. The number of methoxy groups -OCH3 is 1. The smallest absolute Gasteiger partial charge is 0.338 e. The second-order valence-electron chi connectivity index (χ2n) is 7.02. The highest BCUT2D eigenvalue weighted by atomic mass is 32.1. The van der Waals surface area contributed by atoms with Crippen LogP contribution in [0.25, 0.3) is 6.08 Å². The molecule has 1 aromatic carbocycles. The topological polar surface area (TPSA) is 99.9 Å². The minimum atomic E-state index is -0.735. The van der Waals surface area contributed by atoms with Crippen LogP contribution in [-0.4, -0.2) is 28.6 Å². The largest absolute Gasteiger partial charge is 0.466 e. The number of aromatic nitrogens is 2. The monoisotopic (exact) mass is 449 g/mol. The van der Waals surface area contributed by atoms with Crippen molar-refractivity contribution in [3.8, 4) is 5.75 Å². The Hall–Kier alpha value is -3.85. The second-order valence-corrected chi connectivity index (χ2v) is 8.03. The van der Waals surface area contributed by atoms with Gasteiger partial charge in [0, 0.05) is 19.3 Å². The summed E-state index contributed by atoms with van der Waals surface area (Å²) in [5.74, 6) is -0.639. The number of pyridine rings is 1. The highest BCUT2D eigenvalue weighted by Gasteiger charge is 2.33. The number of nitrogens with zero attached hydrogens (tertiary/aromatic N) is 3. The van der Waals surface area contributed by atoms with Crippen LogP contribution in [0.15, 0.2) is 69.8 Å². The molecule has 1 aliphatic heterocycles. The molecule has 2 aromatic heterocycles. The van der Waals surface area contributed by atoms with Crippen LogP contribution in [0.4, 0.5) is 0 Å². The summed E-state index contributed by atoms with van der Waals surface area (Å²) in [5.41, 5.74) is 1.90. The molecule has 4 rings (SSSR count). The summed E-state index contributed by atoms with van der Waals surface area (Å²) >= 11 is 1.24. The summed E-state index contributed by atoms with van der Waals surface area (Å²) in [6, 6.07) is 9.56. The number of hydrogen-bond acceptors (Lipinski definition) is 8. The molecule has 0 saturated carbocycles. The number of rotatable bonds is 4. The third-order valence-electron chi connectivity index (χ3n) is 4.87. The first-order valence-electron chi connectivity index (χ1n) is 9.68. The van der Waals surface area contributed by atoms with Gasteiger partial charge >= 0.3 is 11.9 Å². The molecular weight excluding hydrogens is 430 g/mol. The zero-order chi connectivity index (χ0) is 22.8. The maximum Gasteiger partial charge on any atom is 0.338 e. The minimum absolute atomic E-state index is 0.271. The molecule has 0 radical (unpaired) electrons. The Labute approximate surface area is 186 Å². The molecule has 0 saturated heterocycles. The van der Waals surface area contributed by atoms with Gasteiger partial charge in [-0.3, -0.25) is 19.1 Å². The molecule has 1 aliphatic rings. The zero-order valence-corrected chi connectivity index (χ0v) is 18.4. The Kier molecular flexibility index (Phi) is 5.83. The SMILES string of the molecule is COC(=O)C1=C(C)N=c2s/c(=C/c3cccnc3)c(=O)n2[C@H]1c1ccc(OC(C)=O)cc1. The molecule has 3 aromatic rings. The van der Waals surface area contributed by atoms with E-state index in [0.29, 0.717) is 26.3 Å². The van der Waals surface area contributed by atoms with Gasteiger partial charge in [0.15, 0.2) is 4.80 Å². The van der Waals surface area contributed by atoms with Crippen LogP contribution in [0, 0.1) is 0 Å². The first-order valence-corrected chi connectivity index (χ1v) is 10.5. The lowest BCUT2D eigenvalue weighted by Crippen LogP contribution is -2.39. The van der Waals surface area contributed by atoms with Gasteiger partial charge in [0.2, 0.25) is 0 Å². The van der Waals surface area contributed by atoms with Crippen LogP contribution in [0.5, 0.6) is 5.75 Å². The van der Waals surface area contributed by atoms with Gasteiger partial charge in [-0.2, -0.15) is 0 Å². The van der Waals surface area contributed by atoms with Crippen LogP contribution in [-0.2, 0) is 14.3 Å². The van der Waals surface area contributed by atoms with Crippen molar-refractivity contribution in [1.82, 2.24) is 9.55 Å². The number of fused-ring (bicyclic) bond motifs is 1. The molecule has 32 heavy (non-hydrogen) atoms. The van der Waals surface area contributed by atoms with Gasteiger partial charge in [0.05, 0.1) is 29.0 Å². The molecule has 0 aliphatic carbocycles. The van der Waals surface area contributed by atoms with Crippen molar-refractivity contribution < 1.29 is 19.1 Å². The first-order chi connectivity index (χ1) is 15.4. The third kappa shape index (κ3) is 4.02. The van der Waals surface area contributed by atoms with Crippen molar-refractivity contribution >= 4 is 29.4 Å². The zero-order valence-electron chi connectivity index (χ0n) is 17.6. The average Bonchev–Trinajstić information content (AvgIpc) is 3.07. The Morgan fingerprint density at radius 3 is 2.56 bits per heavy atom. The molecule has 8 nitrogen and oxygen atoms in total. The number of allylic oxidation sites excluding steroid dienone is 1. The van der Waals surface area contributed by atoms with Gasteiger partial charge in [-0.25, -0.2) is 9.79 Å². The standard InChI is InChI=1S/C23H19N3O5S/c1-13-19(22(29)30-3)20(16-6-8-17(9-7-16)31-14(2)27)26-21(28)18(32-23(26)25-13)11-15-5-4-10-24-12-15/h4-12,20H,1-3H3/b18-11+/t20-/m0/s1. The number of esters is 2. The maximum absolute atomic E-state index is 13.4. The van der Waals surface area contributed by atoms with E-state index in [-0.39, 0.29) is 11.1 Å². The molecule has 0 spiro atoms. The van der Waals surface area contributed by atoms with E-state index >= 15 is 0 Å². The van der Waals surface area contributed by atoms with Crippen molar-refractivity contribution in [1.29, 1.82) is 0 Å². The number of ether oxygens (including phenoxy) is 2. The first kappa shape index (κ1) is 21.4. The summed E-state index contributed by atoms with van der Waals surface area (Å²) in [6.45, 7) is 3.03. The minimum Gasteiger partial charge on any atom is -0.466 e. The Morgan fingerprint density at radius 2 is 1.94 bits per heavy atom. The summed E-state index contributed by atoms with van der Waals surface area (Å²) in [5, 5.41) is 0. The number of carbonyl (C=O) groups excluding carboxylic acids is 2. The number of carbonyl (C=O) groups is 2. The van der Waals surface area contributed by atoms with Gasteiger partial charge in [-0.1, -0.05) is 29.5 Å². The lowest BCUT2D eigenvalue weighted by Gasteiger charge is -2.24. The van der Waals surface area contributed by atoms with Crippen molar-refractivity contribution in [3.63, 3.8) is 0 Å². The van der Waals surface area contributed by atoms with Crippen LogP contribution < -0.4 is 19.6 Å². The van der Waals surface area contributed by atoms with E-state index in [4.69, 9.17) is 9.47 Å². The third-order valence-corrected chi connectivity index (χ3v) is 5.85. The fourth-order valence-electron chi connectivity index (χ4n) is 3.50. The number of hydrogen-bond donors (Lipinski definition) is 0. The van der Waals surface area contributed by atoms with Crippen molar-refractivity contribution in [2.75, 3.05) is 7.11 Å². The molecule has 162 valence electrons. The molecule has 3 heterocycles. The van der Waals surface area contributed by atoms with Crippen LogP contribution in [0.2, 0.25) is 0 Å². The number of benzene rings is 1. The van der Waals surface area contributed by atoms with E-state index in [0.717, 1.165) is 5.56 Å². The average molecular weight is 449 g/mol. The van der Waals surface area contributed by atoms with E-state index in [9.17, 15) is 14.4 Å². The van der Waals surface area contributed by atoms with E-state index in [1.165, 1.54) is 29.9 Å². The Bertz CT molecular complexity index is 1400.